The Bertz CT molecular complexity index is 597. The Morgan fingerprint density at radius 3 is 3.19 bits per heavy atom. The van der Waals surface area contributed by atoms with Crippen molar-refractivity contribution in [3.63, 3.8) is 0 Å². The van der Waals surface area contributed by atoms with Gasteiger partial charge in [0.2, 0.25) is 5.95 Å². The monoisotopic (exact) mass is 287 g/mol. The highest BCUT2D eigenvalue weighted by Crippen LogP contribution is 2.24. The number of methoxy groups -OCH3 is 1. The third-order valence-corrected chi connectivity index (χ3v) is 3.95. The Hall–Kier alpha value is -2.08. The molecule has 6 nitrogen and oxygen atoms in total. The fourth-order valence-electron chi connectivity index (χ4n) is 2.73. The number of aromatic amines is 1. The van der Waals surface area contributed by atoms with Crippen molar-refractivity contribution in [2.24, 2.45) is 11.7 Å². The number of hydrogen-bond donors (Lipinski definition) is 2. The molecule has 1 saturated heterocycles. The van der Waals surface area contributed by atoms with Crippen LogP contribution in [-0.4, -0.2) is 41.9 Å². The molecule has 0 radical (unpaired) electrons. The first-order chi connectivity index (χ1) is 10.3. The van der Waals surface area contributed by atoms with Crippen molar-refractivity contribution in [3.05, 3.63) is 24.3 Å². The molecule has 1 atom stereocenters. The molecule has 0 aliphatic carbocycles. The van der Waals surface area contributed by atoms with Crippen molar-refractivity contribution < 1.29 is 4.74 Å². The van der Waals surface area contributed by atoms with Crippen LogP contribution in [0.5, 0.6) is 5.75 Å². The number of nitrogens with two attached hydrogens (primary N) is 1. The summed E-state index contributed by atoms with van der Waals surface area (Å²) in [6.07, 6.45) is 2.34. The Balaban J connectivity index is 1.79. The summed E-state index contributed by atoms with van der Waals surface area (Å²) in [6, 6.07) is 7.80. The van der Waals surface area contributed by atoms with Gasteiger partial charge in [-0.25, -0.2) is 0 Å². The van der Waals surface area contributed by atoms with Crippen LogP contribution in [-0.2, 0) is 0 Å². The van der Waals surface area contributed by atoms with Crippen molar-refractivity contribution in [3.8, 4) is 17.1 Å². The molecule has 1 fully saturated rings. The number of hydrogen-bond acceptors (Lipinski definition) is 5. The number of rotatable bonds is 4. The SMILES string of the molecule is COc1cccc(-c2nc(N3CCCC(CN)C3)n[nH]2)c1. The zero-order valence-electron chi connectivity index (χ0n) is 12.2. The largest absolute Gasteiger partial charge is 0.497 e. The van der Waals surface area contributed by atoms with E-state index in [0.717, 1.165) is 49.1 Å². The predicted molar refractivity (Wildman–Crippen MR) is 82.4 cm³/mol. The average molecular weight is 287 g/mol. The summed E-state index contributed by atoms with van der Waals surface area (Å²) in [4.78, 5) is 6.82. The first-order valence-electron chi connectivity index (χ1n) is 7.32. The summed E-state index contributed by atoms with van der Waals surface area (Å²) in [5, 5.41) is 7.36. The lowest BCUT2D eigenvalue weighted by atomic mass is 9.99. The molecule has 2 heterocycles. The van der Waals surface area contributed by atoms with Crippen molar-refractivity contribution >= 4 is 5.95 Å². The van der Waals surface area contributed by atoms with E-state index in [1.807, 2.05) is 24.3 Å². The summed E-state index contributed by atoms with van der Waals surface area (Å²) in [6.45, 7) is 2.65. The number of ether oxygens (including phenoxy) is 1. The summed E-state index contributed by atoms with van der Waals surface area (Å²) < 4.78 is 5.24. The first kappa shape index (κ1) is 13.9. The maximum atomic E-state index is 5.78. The van der Waals surface area contributed by atoms with Crippen LogP contribution < -0.4 is 15.4 Å². The lowest BCUT2D eigenvalue weighted by Crippen LogP contribution is -2.38. The van der Waals surface area contributed by atoms with Gasteiger partial charge in [-0.1, -0.05) is 12.1 Å². The molecular weight excluding hydrogens is 266 g/mol. The summed E-state index contributed by atoms with van der Waals surface area (Å²) in [7, 11) is 1.66. The van der Waals surface area contributed by atoms with Gasteiger partial charge in [-0.3, -0.25) is 5.10 Å². The zero-order chi connectivity index (χ0) is 14.7. The highest BCUT2D eigenvalue weighted by Gasteiger charge is 2.21. The van der Waals surface area contributed by atoms with Crippen molar-refractivity contribution in [2.45, 2.75) is 12.8 Å². The van der Waals surface area contributed by atoms with Crippen LogP contribution >= 0.6 is 0 Å². The van der Waals surface area contributed by atoms with Gasteiger partial charge in [0.15, 0.2) is 5.82 Å². The lowest BCUT2D eigenvalue weighted by Gasteiger charge is -2.31. The van der Waals surface area contributed by atoms with Crippen LogP contribution in [0.4, 0.5) is 5.95 Å². The van der Waals surface area contributed by atoms with Gasteiger partial charge in [0, 0.05) is 18.7 Å². The van der Waals surface area contributed by atoms with E-state index in [-0.39, 0.29) is 0 Å². The molecule has 3 N–H and O–H groups in total. The molecule has 1 aromatic carbocycles. The fourth-order valence-corrected chi connectivity index (χ4v) is 2.73. The first-order valence-corrected chi connectivity index (χ1v) is 7.32. The van der Waals surface area contributed by atoms with Gasteiger partial charge >= 0.3 is 0 Å². The standard InChI is InChI=1S/C15H21N5O/c1-21-13-6-2-5-12(8-13)14-17-15(19-18-14)20-7-3-4-11(9-16)10-20/h2,5-6,8,11H,3-4,7,9-10,16H2,1H3,(H,17,18,19). The molecule has 2 aromatic rings. The number of piperidine rings is 1. The molecule has 1 aliphatic heterocycles. The second kappa shape index (κ2) is 6.13. The average Bonchev–Trinajstić information content (AvgIpc) is 3.05. The number of H-pyrrole nitrogens is 1. The van der Waals surface area contributed by atoms with Gasteiger partial charge in [0.1, 0.15) is 5.75 Å². The zero-order valence-corrected chi connectivity index (χ0v) is 12.2. The summed E-state index contributed by atoms with van der Waals surface area (Å²) in [5.74, 6) is 2.87. The minimum Gasteiger partial charge on any atom is -0.497 e. The van der Waals surface area contributed by atoms with Gasteiger partial charge < -0.3 is 15.4 Å². The van der Waals surface area contributed by atoms with Crippen molar-refractivity contribution in [1.29, 1.82) is 0 Å². The molecule has 1 unspecified atom stereocenters. The highest BCUT2D eigenvalue weighted by atomic mass is 16.5. The van der Waals surface area contributed by atoms with E-state index in [1.165, 1.54) is 6.42 Å². The third-order valence-electron chi connectivity index (χ3n) is 3.95. The lowest BCUT2D eigenvalue weighted by molar-refractivity contribution is 0.415. The maximum absolute atomic E-state index is 5.78. The quantitative estimate of drug-likeness (QED) is 0.894. The predicted octanol–water partition coefficient (Wildman–Crippen LogP) is 1.66. The molecule has 112 valence electrons. The van der Waals surface area contributed by atoms with Crippen LogP contribution in [0.25, 0.3) is 11.4 Å². The molecule has 0 saturated carbocycles. The molecule has 1 aromatic heterocycles. The Labute approximate surface area is 124 Å². The summed E-state index contributed by atoms with van der Waals surface area (Å²) >= 11 is 0. The maximum Gasteiger partial charge on any atom is 0.245 e. The van der Waals surface area contributed by atoms with Crippen LogP contribution in [0.3, 0.4) is 0 Å². The number of benzene rings is 1. The highest BCUT2D eigenvalue weighted by molar-refractivity contribution is 5.58. The topological polar surface area (TPSA) is 80.1 Å². The molecule has 6 heteroatoms. The second-order valence-electron chi connectivity index (χ2n) is 5.41. The molecule has 21 heavy (non-hydrogen) atoms. The Morgan fingerprint density at radius 2 is 2.38 bits per heavy atom. The Kier molecular flexibility index (Phi) is 4.06. The normalized spacial score (nSPS) is 18.8. The number of anilines is 1. The molecule has 3 rings (SSSR count). The van der Waals surface area contributed by atoms with Crippen molar-refractivity contribution in [1.82, 2.24) is 15.2 Å². The van der Waals surface area contributed by atoms with E-state index in [4.69, 9.17) is 10.5 Å². The minimum absolute atomic E-state index is 0.539. The number of nitrogens with zero attached hydrogens (tertiary/aromatic N) is 3. The van der Waals surface area contributed by atoms with E-state index in [1.54, 1.807) is 7.11 Å². The van der Waals surface area contributed by atoms with E-state index in [2.05, 4.69) is 20.1 Å². The van der Waals surface area contributed by atoms with Gasteiger partial charge in [0.25, 0.3) is 0 Å². The van der Waals surface area contributed by atoms with Gasteiger partial charge in [-0.2, -0.15) is 4.98 Å². The smallest absolute Gasteiger partial charge is 0.245 e. The minimum atomic E-state index is 0.539. The Morgan fingerprint density at radius 1 is 1.48 bits per heavy atom. The molecule has 0 bridgehead atoms. The van der Waals surface area contributed by atoms with Crippen molar-refractivity contribution in [2.75, 3.05) is 31.6 Å². The number of aromatic nitrogens is 3. The molecule has 1 aliphatic rings. The fraction of sp³-hybridized carbons (Fsp3) is 0.467. The second-order valence-corrected chi connectivity index (χ2v) is 5.41. The van der Waals surface area contributed by atoms with E-state index in [9.17, 15) is 0 Å². The molecule has 0 amide bonds. The third kappa shape index (κ3) is 3.00. The van der Waals surface area contributed by atoms with Crippen LogP contribution in [0.2, 0.25) is 0 Å². The van der Waals surface area contributed by atoms with Gasteiger partial charge in [-0.05, 0) is 37.4 Å². The van der Waals surface area contributed by atoms with E-state index >= 15 is 0 Å². The van der Waals surface area contributed by atoms with Crippen LogP contribution in [0, 0.1) is 5.92 Å². The number of nitrogens with one attached hydrogen (secondary N) is 1. The molecule has 0 spiro atoms. The summed E-state index contributed by atoms with van der Waals surface area (Å²) in [5.41, 5.74) is 6.76. The molecular formula is C15H21N5O. The van der Waals surface area contributed by atoms with Crippen LogP contribution in [0.1, 0.15) is 12.8 Å². The van der Waals surface area contributed by atoms with Gasteiger partial charge in [-0.15, -0.1) is 5.10 Å². The van der Waals surface area contributed by atoms with Crippen LogP contribution in [0.15, 0.2) is 24.3 Å². The van der Waals surface area contributed by atoms with Gasteiger partial charge in [0.05, 0.1) is 7.11 Å². The van der Waals surface area contributed by atoms with E-state index in [0.29, 0.717) is 5.92 Å². The van der Waals surface area contributed by atoms with E-state index < -0.39 is 0 Å².